The topological polar surface area (TPSA) is 138 Å². The maximum absolute atomic E-state index is 10.9. The average Bonchev–Trinajstić information content (AvgIpc) is 2.01. The number of unbranched alkanes of at least 4 members (excludes halogenated alkanes) is 1. The first kappa shape index (κ1) is 13.3. The average molecular weight is 225 g/mol. The van der Waals surface area contributed by atoms with Gasteiger partial charge in [0.15, 0.2) is 0 Å². The van der Waals surface area contributed by atoms with Crippen LogP contribution in [0.4, 0.5) is 0 Å². The standard InChI is InChI=1S/C6H15N3O4S/c7-4-2-1-3-5(8)6(10)13-14(9,11)12/h5H,1-4,7-8H2,(H2,9,11,12). The van der Waals surface area contributed by atoms with Crippen LogP contribution in [0, 0.1) is 0 Å². The number of hydrogen-bond donors (Lipinski definition) is 3. The van der Waals surface area contributed by atoms with Crippen molar-refractivity contribution >= 4 is 16.3 Å². The molecule has 0 spiro atoms. The van der Waals surface area contributed by atoms with Crippen molar-refractivity contribution in [2.45, 2.75) is 25.3 Å². The fourth-order valence-corrected chi connectivity index (χ4v) is 1.16. The smallest absolute Gasteiger partial charge is 0.333 e. The molecule has 0 aliphatic heterocycles. The Bertz CT molecular complexity index is 277. The van der Waals surface area contributed by atoms with Gasteiger partial charge < -0.3 is 15.7 Å². The van der Waals surface area contributed by atoms with Gasteiger partial charge in [-0.1, -0.05) is 6.42 Å². The van der Waals surface area contributed by atoms with Crippen LogP contribution in [0.3, 0.4) is 0 Å². The second-order valence-corrected chi connectivity index (χ2v) is 3.94. The van der Waals surface area contributed by atoms with Crippen molar-refractivity contribution < 1.29 is 17.4 Å². The first-order valence-corrected chi connectivity index (χ1v) is 5.55. The van der Waals surface area contributed by atoms with Gasteiger partial charge >= 0.3 is 16.3 Å². The van der Waals surface area contributed by atoms with E-state index in [1.165, 1.54) is 0 Å². The van der Waals surface area contributed by atoms with Crippen LogP contribution in [0.2, 0.25) is 0 Å². The third kappa shape index (κ3) is 6.78. The molecule has 0 aliphatic carbocycles. The summed E-state index contributed by atoms with van der Waals surface area (Å²) in [5.74, 6) is -1.04. The molecule has 0 aromatic rings. The van der Waals surface area contributed by atoms with Crippen LogP contribution in [0.1, 0.15) is 19.3 Å². The van der Waals surface area contributed by atoms with Gasteiger partial charge in [-0.25, -0.2) is 4.79 Å². The van der Waals surface area contributed by atoms with Gasteiger partial charge in [0.05, 0.1) is 0 Å². The van der Waals surface area contributed by atoms with Gasteiger partial charge in [0, 0.05) is 0 Å². The predicted octanol–water partition coefficient (Wildman–Crippen LogP) is -1.81. The molecule has 0 bridgehead atoms. The van der Waals surface area contributed by atoms with E-state index in [4.69, 9.17) is 11.5 Å². The van der Waals surface area contributed by atoms with Crippen LogP contribution in [-0.4, -0.2) is 27.0 Å². The van der Waals surface area contributed by atoms with Crippen LogP contribution < -0.4 is 16.6 Å². The molecule has 8 heteroatoms. The van der Waals surface area contributed by atoms with E-state index in [1.807, 2.05) is 0 Å². The molecule has 0 rings (SSSR count). The highest BCUT2D eigenvalue weighted by atomic mass is 32.2. The lowest BCUT2D eigenvalue weighted by Gasteiger charge is -2.08. The number of hydrogen-bond acceptors (Lipinski definition) is 6. The number of carbonyl (C=O) groups is 1. The fourth-order valence-electron chi connectivity index (χ4n) is 0.803. The van der Waals surface area contributed by atoms with Gasteiger partial charge in [0.25, 0.3) is 0 Å². The van der Waals surface area contributed by atoms with Gasteiger partial charge in [0.1, 0.15) is 6.04 Å². The number of rotatable bonds is 6. The van der Waals surface area contributed by atoms with Gasteiger partial charge in [-0.3, -0.25) is 0 Å². The quantitative estimate of drug-likeness (QED) is 0.455. The monoisotopic (exact) mass is 225 g/mol. The summed E-state index contributed by atoms with van der Waals surface area (Å²) < 4.78 is 24.6. The van der Waals surface area contributed by atoms with Gasteiger partial charge in [-0.2, -0.15) is 13.6 Å². The van der Waals surface area contributed by atoms with E-state index in [0.29, 0.717) is 19.4 Å². The Balaban J connectivity index is 3.88. The normalized spacial score (nSPS) is 13.6. The van der Waals surface area contributed by atoms with Gasteiger partial charge in [-0.15, -0.1) is 0 Å². The SMILES string of the molecule is NCCCCC(N)C(=O)OS(N)(=O)=O. The van der Waals surface area contributed by atoms with Crippen molar-refractivity contribution in [1.29, 1.82) is 0 Å². The molecular weight excluding hydrogens is 210 g/mol. The third-order valence-corrected chi connectivity index (χ3v) is 1.87. The lowest BCUT2D eigenvalue weighted by Crippen LogP contribution is -2.35. The molecule has 0 aromatic carbocycles. The Morgan fingerprint density at radius 2 is 1.93 bits per heavy atom. The second-order valence-electron chi connectivity index (χ2n) is 2.79. The molecule has 1 unspecified atom stereocenters. The van der Waals surface area contributed by atoms with Crippen molar-refractivity contribution in [2.75, 3.05) is 6.54 Å². The van der Waals surface area contributed by atoms with Crippen LogP contribution in [0.25, 0.3) is 0 Å². The second kappa shape index (κ2) is 5.91. The van der Waals surface area contributed by atoms with E-state index in [-0.39, 0.29) is 0 Å². The molecule has 1 atom stereocenters. The number of nitrogens with two attached hydrogens (primary N) is 3. The van der Waals surface area contributed by atoms with Crippen LogP contribution in [0.5, 0.6) is 0 Å². The van der Waals surface area contributed by atoms with E-state index in [9.17, 15) is 13.2 Å². The zero-order valence-electron chi connectivity index (χ0n) is 7.68. The Hall–Kier alpha value is -0.700. The summed E-state index contributed by atoms with van der Waals surface area (Å²) in [6, 6.07) is -0.972. The Morgan fingerprint density at radius 3 is 2.36 bits per heavy atom. The Kier molecular flexibility index (Phi) is 5.62. The minimum Gasteiger partial charge on any atom is -0.333 e. The summed E-state index contributed by atoms with van der Waals surface area (Å²) >= 11 is 0. The highest BCUT2D eigenvalue weighted by molar-refractivity contribution is 7.84. The highest BCUT2D eigenvalue weighted by Crippen LogP contribution is 2.00. The van der Waals surface area contributed by atoms with Crippen molar-refractivity contribution in [3.8, 4) is 0 Å². The molecule has 0 saturated heterocycles. The van der Waals surface area contributed by atoms with Crippen LogP contribution >= 0.6 is 0 Å². The molecule has 0 aliphatic rings. The van der Waals surface area contributed by atoms with Crippen LogP contribution in [-0.2, 0) is 19.3 Å². The van der Waals surface area contributed by atoms with Gasteiger partial charge in [-0.05, 0) is 19.4 Å². The molecule has 6 N–H and O–H groups in total. The van der Waals surface area contributed by atoms with Crippen molar-refractivity contribution in [1.82, 2.24) is 0 Å². The summed E-state index contributed by atoms with van der Waals surface area (Å²) in [5.41, 5.74) is 10.5. The first-order valence-electron chi connectivity index (χ1n) is 4.08. The zero-order chi connectivity index (χ0) is 11.2. The highest BCUT2D eigenvalue weighted by Gasteiger charge is 2.19. The third-order valence-electron chi connectivity index (χ3n) is 1.47. The zero-order valence-corrected chi connectivity index (χ0v) is 8.50. The van der Waals surface area contributed by atoms with Crippen LogP contribution in [0.15, 0.2) is 0 Å². The molecule has 0 amide bonds. The molecule has 7 nitrogen and oxygen atoms in total. The summed E-state index contributed by atoms with van der Waals surface area (Å²) in [4.78, 5) is 10.9. The molecule has 0 aromatic heterocycles. The summed E-state index contributed by atoms with van der Waals surface area (Å²) in [6.45, 7) is 0.497. The molecule has 14 heavy (non-hydrogen) atoms. The summed E-state index contributed by atoms with van der Waals surface area (Å²) in [6.07, 6.45) is 1.68. The van der Waals surface area contributed by atoms with Crippen molar-refractivity contribution in [2.24, 2.45) is 16.6 Å². The van der Waals surface area contributed by atoms with E-state index < -0.39 is 22.3 Å². The largest absolute Gasteiger partial charge is 0.382 e. The molecule has 84 valence electrons. The lowest BCUT2D eigenvalue weighted by atomic mass is 10.1. The molecular formula is C6H15N3O4S. The maximum Gasteiger partial charge on any atom is 0.382 e. The van der Waals surface area contributed by atoms with E-state index in [2.05, 4.69) is 9.32 Å². The molecule has 0 fully saturated rings. The molecule has 0 radical (unpaired) electrons. The number of carbonyl (C=O) groups excluding carboxylic acids is 1. The molecule has 0 heterocycles. The Labute approximate surface area is 82.8 Å². The minimum absolute atomic E-state index is 0.325. The van der Waals surface area contributed by atoms with Crippen molar-refractivity contribution in [3.63, 3.8) is 0 Å². The Morgan fingerprint density at radius 1 is 1.36 bits per heavy atom. The predicted molar refractivity (Wildman–Crippen MR) is 50.1 cm³/mol. The van der Waals surface area contributed by atoms with Crippen molar-refractivity contribution in [3.05, 3.63) is 0 Å². The van der Waals surface area contributed by atoms with E-state index in [1.54, 1.807) is 0 Å². The minimum atomic E-state index is -4.25. The fraction of sp³-hybridized carbons (Fsp3) is 0.833. The molecule has 0 saturated carbocycles. The summed E-state index contributed by atoms with van der Waals surface area (Å²) in [7, 11) is -4.25. The van der Waals surface area contributed by atoms with E-state index in [0.717, 1.165) is 6.42 Å². The first-order chi connectivity index (χ1) is 6.37. The summed E-state index contributed by atoms with van der Waals surface area (Å²) in [5, 5.41) is 4.48. The van der Waals surface area contributed by atoms with E-state index >= 15 is 0 Å². The van der Waals surface area contributed by atoms with Gasteiger partial charge in [0.2, 0.25) is 0 Å². The lowest BCUT2D eigenvalue weighted by molar-refractivity contribution is -0.135. The maximum atomic E-state index is 10.9.